The van der Waals surface area contributed by atoms with Gasteiger partial charge in [0.25, 0.3) is 15.9 Å². The Morgan fingerprint density at radius 2 is 1.67 bits per heavy atom. The van der Waals surface area contributed by atoms with E-state index in [2.05, 4.69) is 5.32 Å². The van der Waals surface area contributed by atoms with Gasteiger partial charge < -0.3 is 19.5 Å². The SMILES string of the molecule is O=C(Nc1ccc2c(c1)OCCO2)[C@H]1CN(S(=O)(=O)c2ccccc2)c2cc(Cl)ccc2O1. The van der Waals surface area contributed by atoms with Gasteiger partial charge in [-0.15, -0.1) is 0 Å². The lowest BCUT2D eigenvalue weighted by Gasteiger charge is -2.35. The number of hydrogen-bond acceptors (Lipinski definition) is 6. The van der Waals surface area contributed by atoms with Crippen molar-refractivity contribution < 1.29 is 27.4 Å². The normalized spacial score (nSPS) is 17.0. The molecule has 1 amide bonds. The summed E-state index contributed by atoms with van der Waals surface area (Å²) in [6.45, 7) is 0.659. The standard InChI is InChI=1S/C23H19ClN2O6S/c24-15-6-8-19-18(12-15)26(33(28,29)17-4-2-1-3-5-17)14-22(32-19)23(27)25-16-7-9-20-21(13-16)31-11-10-30-20/h1-9,12-13,22H,10-11,14H2,(H,25,27)/t22-/m1/s1. The van der Waals surface area contributed by atoms with Crippen molar-refractivity contribution in [1.82, 2.24) is 0 Å². The van der Waals surface area contributed by atoms with Crippen LogP contribution in [-0.4, -0.2) is 40.2 Å². The molecular formula is C23H19ClN2O6S. The number of benzene rings is 3. The third-order valence-corrected chi connectivity index (χ3v) is 7.25. The van der Waals surface area contributed by atoms with Gasteiger partial charge in [0.1, 0.15) is 19.0 Å². The molecule has 0 unspecified atom stereocenters. The molecule has 10 heteroatoms. The Balaban J connectivity index is 1.45. The highest BCUT2D eigenvalue weighted by Gasteiger charge is 2.37. The largest absolute Gasteiger partial charge is 0.486 e. The molecule has 0 radical (unpaired) electrons. The molecule has 2 heterocycles. The monoisotopic (exact) mass is 486 g/mol. The summed E-state index contributed by atoms with van der Waals surface area (Å²) in [5, 5.41) is 3.12. The molecule has 170 valence electrons. The Hall–Kier alpha value is -3.43. The Morgan fingerprint density at radius 1 is 0.939 bits per heavy atom. The average molecular weight is 487 g/mol. The minimum atomic E-state index is -3.97. The first-order valence-electron chi connectivity index (χ1n) is 10.2. The average Bonchev–Trinajstić information content (AvgIpc) is 2.83. The van der Waals surface area contributed by atoms with E-state index in [-0.39, 0.29) is 22.9 Å². The highest BCUT2D eigenvalue weighted by atomic mass is 35.5. The number of sulfonamides is 1. The fourth-order valence-electron chi connectivity index (χ4n) is 3.65. The summed E-state index contributed by atoms with van der Waals surface area (Å²) < 4.78 is 44.9. The van der Waals surface area contributed by atoms with Crippen LogP contribution in [0.4, 0.5) is 11.4 Å². The number of amides is 1. The van der Waals surface area contributed by atoms with Gasteiger partial charge in [0.15, 0.2) is 17.6 Å². The Kier molecular flexibility index (Phi) is 5.51. The van der Waals surface area contributed by atoms with Crippen LogP contribution >= 0.6 is 11.6 Å². The lowest BCUT2D eigenvalue weighted by Crippen LogP contribution is -2.48. The summed E-state index contributed by atoms with van der Waals surface area (Å²) in [7, 11) is -3.97. The second-order valence-corrected chi connectivity index (χ2v) is 9.71. The van der Waals surface area contributed by atoms with Crippen LogP contribution in [0, 0.1) is 0 Å². The molecule has 0 saturated heterocycles. The lowest BCUT2D eigenvalue weighted by molar-refractivity contribution is -0.122. The molecule has 0 aromatic heterocycles. The van der Waals surface area contributed by atoms with Gasteiger partial charge >= 0.3 is 0 Å². The summed E-state index contributed by atoms with van der Waals surface area (Å²) in [4.78, 5) is 13.2. The van der Waals surface area contributed by atoms with Crippen molar-refractivity contribution in [2.75, 3.05) is 29.4 Å². The summed E-state index contributed by atoms with van der Waals surface area (Å²) in [5.41, 5.74) is 0.752. The van der Waals surface area contributed by atoms with Gasteiger partial charge in [0.2, 0.25) is 0 Å². The van der Waals surface area contributed by atoms with Crippen molar-refractivity contribution in [2.24, 2.45) is 0 Å². The number of carbonyl (C=O) groups is 1. The maximum absolute atomic E-state index is 13.4. The number of rotatable bonds is 4. The van der Waals surface area contributed by atoms with Crippen LogP contribution in [0.3, 0.4) is 0 Å². The summed E-state index contributed by atoms with van der Waals surface area (Å²) in [5.74, 6) is 0.865. The zero-order valence-corrected chi connectivity index (χ0v) is 18.8. The van der Waals surface area contributed by atoms with Crippen LogP contribution in [0.2, 0.25) is 5.02 Å². The van der Waals surface area contributed by atoms with E-state index >= 15 is 0 Å². The summed E-state index contributed by atoms with van der Waals surface area (Å²) in [6, 6.07) is 17.7. The molecule has 0 fully saturated rings. The molecule has 33 heavy (non-hydrogen) atoms. The molecule has 5 rings (SSSR count). The van der Waals surface area contributed by atoms with Crippen LogP contribution in [0.1, 0.15) is 0 Å². The molecule has 0 aliphatic carbocycles. The van der Waals surface area contributed by atoms with E-state index in [0.29, 0.717) is 35.4 Å². The second-order valence-electron chi connectivity index (χ2n) is 7.42. The van der Waals surface area contributed by atoms with E-state index in [4.69, 9.17) is 25.8 Å². The Bertz CT molecular complexity index is 1320. The van der Waals surface area contributed by atoms with Crippen LogP contribution in [0.15, 0.2) is 71.6 Å². The minimum absolute atomic E-state index is 0.101. The molecule has 3 aromatic carbocycles. The molecule has 2 aliphatic heterocycles. The highest BCUT2D eigenvalue weighted by molar-refractivity contribution is 7.92. The molecule has 1 N–H and O–H groups in total. The Morgan fingerprint density at radius 3 is 2.45 bits per heavy atom. The van der Waals surface area contributed by atoms with Crippen LogP contribution in [-0.2, 0) is 14.8 Å². The van der Waals surface area contributed by atoms with Gasteiger partial charge in [0.05, 0.1) is 17.1 Å². The first-order chi connectivity index (χ1) is 15.9. The van der Waals surface area contributed by atoms with E-state index in [1.807, 2.05) is 0 Å². The first-order valence-corrected chi connectivity index (χ1v) is 12.0. The smallest absolute Gasteiger partial charge is 0.267 e. The second kappa shape index (κ2) is 8.49. The number of halogens is 1. The number of fused-ring (bicyclic) bond motifs is 2. The van der Waals surface area contributed by atoms with Crippen molar-refractivity contribution in [3.05, 3.63) is 71.8 Å². The fourth-order valence-corrected chi connectivity index (χ4v) is 5.31. The molecule has 1 atom stereocenters. The van der Waals surface area contributed by atoms with E-state index < -0.39 is 22.0 Å². The van der Waals surface area contributed by atoms with Gasteiger partial charge in [-0.3, -0.25) is 9.10 Å². The zero-order chi connectivity index (χ0) is 23.0. The van der Waals surface area contributed by atoms with Crippen molar-refractivity contribution in [1.29, 1.82) is 0 Å². The number of hydrogen-bond donors (Lipinski definition) is 1. The van der Waals surface area contributed by atoms with Crippen molar-refractivity contribution in [2.45, 2.75) is 11.0 Å². The van der Waals surface area contributed by atoms with E-state index in [1.54, 1.807) is 48.5 Å². The zero-order valence-electron chi connectivity index (χ0n) is 17.2. The van der Waals surface area contributed by atoms with Gasteiger partial charge in [-0.2, -0.15) is 0 Å². The number of nitrogens with zero attached hydrogens (tertiary/aromatic N) is 1. The molecular weight excluding hydrogens is 468 g/mol. The third kappa shape index (κ3) is 4.17. The minimum Gasteiger partial charge on any atom is -0.486 e. The first kappa shape index (κ1) is 21.4. The van der Waals surface area contributed by atoms with Gasteiger partial charge in [-0.25, -0.2) is 8.42 Å². The molecule has 0 spiro atoms. The van der Waals surface area contributed by atoms with E-state index in [1.165, 1.54) is 18.2 Å². The molecule has 8 nitrogen and oxygen atoms in total. The number of anilines is 2. The van der Waals surface area contributed by atoms with Crippen molar-refractivity contribution >= 4 is 38.9 Å². The number of carbonyl (C=O) groups excluding carboxylic acids is 1. The van der Waals surface area contributed by atoms with Crippen molar-refractivity contribution in [3.8, 4) is 17.2 Å². The molecule has 2 aliphatic rings. The van der Waals surface area contributed by atoms with Crippen LogP contribution in [0.25, 0.3) is 0 Å². The topological polar surface area (TPSA) is 94.2 Å². The van der Waals surface area contributed by atoms with E-state index in [9.17, 15) is 13.2 Å². The van der Waals surface area contributed by atoms with E-state index in [0.717, 1.165) is 4.31 Å². The third-order valence-electron chi connectivity index (χ3n) is 5.22. The quantitative estimate of drug-likeness (QED) is 0.604. The fraction of sp³-hybridized carbons (Fsp3) is 0.174. The lowest BCUT2D eigenvalue weighted by atomic mass is 10.2. The molecule has 0 saturated carbocycles. The van der Waals surface area contributed by atoms with Crippen molar-refractivity contribution in [3.63, 3.8) is 0 Å². The summed E-state index contributed by atoms with van der Waals surface area (Å²) >= 11 is 6.12. The number of nitrogens with one attached hydrogen (secondary N) is 1. The summed E-state index contributed by atoms with van der Waals surface area (Å²) in [6.07, 6.45) is -1.09. The number of ether oxygens (including phenoxy) is 3. The predicted molar refractivity (Wildman–Crippen MR) is 123 cm³/mol. The maximum Gasteiger partial charge on any atom is 0.267 e. The highest BCUT2D eigenvalue weighted by Crippen LogP contribution is 2.39. The van der Waals surface area contributed by atoms with Crippen LogP contribution < -0.4 is 23.8 Å². The Labute approximate surface area is 195 Å². The maximum atomic E-state index is 13.4. The molecule has 0 bridgehead atoms. The van der Waals surface area contributed by atoms with Crippen LogP contribution in [0.5, 0.6) is 17.2 Å². The predicted octanol–water partition coefficient (Wildman–Crippen LogP) is 3.71. The molecule has 3 aromatic rings. The van der Waals surface area contributed by atoms with Gasteiger partial charge in [0, 0.05) is 16.8 Å². The van der Waals surface area contributed by atoms with Gasteiger partial charge in [-0.05, 0) is 42.5 Å². The van der Waals surface area contributed by atoms with Gasteiger partial charge in [-0.1, -0.05) is 29.8 Å².